The molecule has 1 heterocycles. The van der Waals surface area contributed by atoms with Crippen molar-refractivity contribution in [1.29, 1.82) is 5.26 Å². The van der Waals surface area contributed by atoms with Crippen LogP contribution < -0.4 is 5.32 Å². The molecule has 4 aliphatic carbocycles. The zero-order valence-electron chi connectivity index (χ0n) is 11.3. The molecule has 0 radical (unpaired) electrons. The Kier molecular flexibility index (Phi) is 2.47. The Morgan fingerprint density at radius 3 is 2.25 bits per heavy atom. The lowest BCUT2D eigenvalue weighted by molar-refractivity contribution is -0.115. The van der Waals surface area contributed by atoms with Gasteiger partial charge in [0.15, 0.2) is 11.3 Å². The zero-order chi connectivity index (χ0) is 13.9. The first kappa shape index (κ1) is 12.0. The lowest BCUT2D eigenvalue weighted by atomic mass is 9.52. The average molecular weight is 270 g/mol. The van der Waals surface area contributed by atoms with Gasteiger partial charge in [-0.3, -0.25) is 4.79 Å². The number of aliphatic hydroxyl groups excluding tert-OH is 1. The minimum Gasteiger partial charge on any atom is -0.504 e. The third kappa shape index (κ3) is 1.62. The number of aliphatic hydroxyl groups is 1. The van der Waals surface area contributed by atoms with Gasteiger partial charge in [0.25, 0.3) is 5.91 Å². The number of nitrogens with one attached hydrogen (secondary N) is 1. The molecule has 4 bridgehead atoms. The Bertz CT molecular complexity index is 554. The van der Waals surface area contributed by atoms with Crippen LogP contribution in [-0.2, 0) is 4.79 Å². The zero-order valence-corrected chi connectivity index (χ0v) is 11.3. The van der Waals surface area contributed by atoms with E-state index < -0.39 is 5.91 Å². The van der Waals surface area contributed by atoms with Gasteiger partial charge >= 0.3 is 0 Å². The second-order valence-corrected chi connectivity index (χ2v) is 6.88. The normalized spacial score (nSPS) is 44.0. The maximum atomic E-state index is 11.6. The van der Waals surface area contributed by atoms with Crippen LogP contribution in [-0.4, -0.2) is 11.0 Å². The Morgan fingerprint density at radius 1 is 1.15 bits per heavy atom. The minimum absolute atomic E-state index is 0.153. The van der Waals surface area contributed by atoms with Gasteiger partial charge in [0.2, 0.25) is 0 Å². The number of rotatable bonds is 1. The maximum absolute atomic E-state index is 11.6. The molecule has 4 nitrogen and oxygen atoms in total. The lowest BCUT2D eigenvalue weighted by Gasteiger charge is -2.53. The standard InChI is InChI=1S/C16H18N2O2/c17-7-13-15(19)14(18-16(13)20)6-12-10-2-8-1-9(4-10)5-11(12)3-8/h6,8-12,19H,1-5H2,(H,18,20)/b14-6-. The van der Waals surface area contributed by atoms with Crippen molar-refractivity contribution in [3.8, 4) is 6.07 Å². The number of nitriles is 1. The van der Waals surface area contributed by atoms with E-state index in [1.54, 1.807) is 6.07 Å². The van der Waals surface area contributed by atoms with E-state index in [2.05, 4.69) is 5.32 Å². The molecule has 0 spiro atoms. The highest BCUT2D eigenvalue weighted by atomic mass is 16.3. The molecular weight excluding hydrogens is 252 g/mol. The van der Waals surface area contributed by atoms with Crippen molar-refractivity contribution >= 4 is 5.91 Å². The van der Waals surface area contributed by atoms with Crippen molar-refractivity contribution in [2.75, 3.05) is 0 Å². The third-order valence-electron chi connectivity index (χ3n) is 5.74. The first-order valence-corrected chi connectivity index (χ1v) is 7.52. The first-order valence-electron chi connectivity index (χ1n) is 7.52. The van der Waals surface area contributed by atoms with Gasteiger partial charge in [0.1, 0.15) is 6.07 Å². The van der Waals surface area contributed by atoms with Crippen LogP contribution in [0, 0.1) is 40.9 Å². The molecule has 4 saturated carbocycles. The molecular formula is C16H18N2O2. The Morgan fingerprint density at radius 2 is 1.75 bits per heavy atom. The molecule has 104 valence electrons. The number of hydrogen-bond acceptors (Lipinski definition) is 3. The summed E-state index contributed by atoms with van der Waals surface area (Å²) in [4.78, 5) is 11.6. The van der Waals surface area contributed by atoms with Crippen molar-refractivity contribution in [2.24, 2.45) is 29.6 Å². The molecule has 1 aliphatic heterocycles. The minimum atomic E-state index is -0.472. The summed E-state index contributed by atoms with van der Waals surface area (Å²) < 4.78 is 0. The van der Waals surface area contributed by atoms with Crippen LogP contribution in [0.25, 0.3) is 0 Å². The molecule has 0 atom stereocenters. The van der Waals surface area contributed by atoms with Gasteiger partial charge < -0.3 is 10.4 Å². The van der Waals surface area contributed by atoms with E-state index in [1.807, 2.05) is 6.08 Å². The second kappa shape index (κ2) is 4.12. The number of carbonyl (C=O) groups excluding carboxylic acids is 1. The van der Waals surface area contributed by atoms with Crippen molar-refractivity contribution in [3.63, 3.8) is 0 Å². The van der Waals surface area contributed by atoms with Crippen molar-refractivity contribution in [2.45, 2.75) is 32.1 Å². The fraction of sp³-hybridized carbons (Fsp3) is 0.625. The highest BCUT2D eigenvalue weighted by molar-refractivity contribution is 6.03. The summed E-state index contributed by atoms with van der Waals surface area (Å²) >= 11 is 0. The highest BCUT2D eigenvalue weighted by Gasteiger charge is 2.47. The predicted octanol–water partition coefficient (Wildman–Crippen LogP) is 2.41. The van der Waals surface area contributed by atoms with Gasteiger partial charge in [-0.15, -0.1) is 0 Å². The van der Waals surface area contributed by atoms with E-state index in [-0.39, 0.29) is 11.3 Å². The quantitative estimate of drug-likeness (QED) is 0.768. The fourth-order valence-corrected chi connectivity index (χ4v) is 5.14. The van der Waals surface area contributed by atoms with Crippen LogP contribution >= 0.6 is 0 Å². The summed E-state index contributed by atoms with van der Waals surface area (Å²) in [5.41, 5.74) is 0.309. The van der Waals surface area contributed by atoms with Crippen LogP contribution in [0.1, 0.15) is 32.1 Å². The van der Waals surface area contributed by atoms with E-state index >= 15 is 0 Å². The molecule has 1 amide bonds. The molecule has 0 saturated heterocycles. The molecule has 0 aromatic rings. The number of carbonyl (C=O) groups is 1. The number of nitrogens with zero attached hydrogens (tertiary/aromatic N) is 1. The largest absolute Gasteiger partial charge is 0.504 e. The van der Waals surface area contributed by atoms with Crippen LogP contribution in [0.15, 0.2) is 23.1 Å². The van der Waals surface area contributed by atoms with Gasteiger partial charge in [-0.05, 0) is 61.7 Å². The van der Waals surface area contributed by atoms with Crippen molar-refractivity contribution in [1.82, 2.24) is 5.32 Å². The SMILES string of the molecule is N#CC1=C(O)/C(=C/C2C3CC4CC(C3)CC2C4)NC1=O. The van der Waals surface area contributed by atoms with Gasteiger partial charge in [-0.1, -0.05) is 6.08 Å². The Balaban J connectivity index is 1.64. The maximum Gasteiger partial charge on any atom is 0.270 e. The van der Waals surface area contributed by atoms with Gasteiger partial charge in [-0.25, -0.2) is 0 Å². The fourth-order valence-electron chi connectivity index (χ4n) is 5.14. The monoisotopic (exact) mass is 270 g/mol. The summed E-state index contributed by atoms with van der Waals surface area (Å²) in [6.45, 7) is 0. The smallest absolute Gasteiger partial charge is 0.270 e. The summed E-state index contributed by atoms with van der Waals surface area (Å²) in [6, 6.07) is 1.77. The van der Waals surface area contributed by atoms with Crippen molar-refractivity contribution < 1.29 is 9.90 Å². The van der Waals surface area contributed by atoms with Gasteiger partial charge in [0.05, 0.1) is 5.70 Å². The Labute approximate surface area is 118 Å². The van der Waals surface area contributed by atoms with E-state index in [9.17, 15) is 9.90 Å². The average Bonchev–Trinajstić information content (AvgIpc) is 2.67. The predicted molar refractivity (Wildman–Crippen MR) is 72.0 cm³/mol. The number of allylic oxidation sites excluding steroid dienone is 1. The van der Waals surface area contributed by atoms with E-state index in [0.29, 0.717) is 23.5 Å². The van der Waals surface area contributed by atoms with Crippen LogP contribution in [0.5, 0.6) is 0 Å². The van der Waals surface area contributed by atoms with Crippen LogP contribution in [0.4, 0.5) is 0 Å². The van der Waals surface area contributed by atoms with E-state index in [1.165, 1.54) is 32.1 Å². The molecule has 20 heavy (non-hydrogen) atoms. The number of hydrogen-bond donors (Lipinski definition) is 2. The highest BCUT2D eigenvalue weighted by Crippen LogP contribution is 2.57. The van der Waals surface area contributed by atoms with E-state index in [4.69, 9.17) is 5.26 Å². The van der Waals surface area contributed by atoms with Gasteiger partial charge in [-0.2, -0.15) is 5.26 Å². The molecule has 0 aromatic carbocycles. The summed E-state index contributed by atoms with van der Waals surface area (Å²) in [7, 11) is 0. The van der Waals surface area contributed by atoms with Crippen LogP contribution in [0.2, 0.25) is 0 Å². The summed E-state index contributed by atoms with van der Waals surface area (Å²) in [5, 5.41) is 21.5. The summed E-state index contributed by atoms with van der Waals surface area (Å²) in [6.07, 6.45) is 8.63. The second-order valence-electron chi connectivity index (χ2n) is 6.88. The molecule has 0 aromatic heterocycles. The molecule has 4 heteroatoms. The third-order valence-corrected chi connectivity index (χ3v) is 5.74. The van der Waals surface area contributed by atoms with E-state index in [0.717, 1.165) is 11.8 Å². The number of amides is 1. The molecule has 4 fully saturated rings. The topological polar surface area (TPSA) is 73.1 Å². The molecule has 5 aliphatic rings. The molecule has 0 unspecified atom stereocenters. The van der Waals surface area contributed by atoms with Crippen LogP contribution in [0.3, 0.4) is 0 Å². The molecule has 2 N–H and O–H groups in total. The lowest BCUT2D eigenvalue weighted by Crippen LogP contribution is -2.44. The molecule has 5 rings (SSSR count). The van der Waals surface area contributed by atoms with Gasteiger partial charge in [0, 0.05) is 0 Å². The first-order chi connectivity index (χ1) is 9.65. The Hall–Kier alpha value is -1.76. The summed E-state index contributed by atoms with van der Waals surface area (Å²) in [5.74, 6) is 3.04. The van der Waals surface area contributed by atoms with Crippen molar-refractivity contribution in [3.05, 3.63) is 23.1 Å².